The second-order valence-electron chi connectivity index (χ2n) is 5.04. The molecule has 0 radical (unpaired) electrons. The van der Waals surface area contributed by atoms with E-state index in [1.54, 1.807) is 0 Å². The Labute approximate surface area is 124 Å². The minimum Gasteiger partial charge on any atom is -0.367 e. The van der Waals surface area contributed by atoms with E-state index in [0.29, 0.717) is 18.9 Å². The van der Waals surface area contributed by atoms with E-state index >= 15 is 0 Å². The van der Waals surface area contributed by atoms with E-state index in [9.17, 15) is 4.79 Å². The fourth-order valence-corrected chi connectivity index (χ4v) is 1.77. The van der Waals surface area contributed by atoms with Crippen molar-refractivity contribution in [2.24, 2.45) is 5.92 Å². The van der Waals surface area contributed by atoms with Crippen molar-refractivity contribution in [1.29, 1.82) is 0 Å². The van der Waals surface area contributed by atoms with E-state index in [4.69, 9.17) is 0 Å². The second kappa shape index (κ2) is 7.38. The number of amides is 1. The Balaban J connectivity index is 1.82. The number of benzene rings is 1. The Morgan fingerprint density at radius 3 is 2.43 bits per heavy atom. The molecule has 0 fully saturated rings. The number of hydrogen-bond acceptors (Lipinski definition) is 4. The highest BCUT2D eigenvalue weighted by Gasteiger charge is 2.05. The largest absolute Gasteiger partial charge is 0.367 e. The van der Waals surface area contributed by atoms with Crippen LogP contribution < -0.4 is 10.6 Å². The highest BCUT2D eigenvalue weighted by atomic mass is 16.1. The number of carbonyl (C=O) groups is 1. The molecule has 1 aromatic carbocycles. The molecule has 2 N–H and O–H groups in total. The minimum absolute atomic E-state index is 0.00921. The number of anilines is 1. The topological polar surface area (TPSA) is 66.9 Å². The molecule has 5 heteroatoms. The summed E-state index contributed by atoms with van der Waals surface area (Å²) in [6.45, 7) is 4.93. The van der Waals surface area contributed by atoms with Gasteiger partial charge in [0, 0.05) is 24.6 Å². The summed E-state index contributed by atoms with van der Waals surface area (Å²) in [4.78, 5) is 11.4. The molecule has 0 unspecified atom stereocenters. The summed E-state index contributed by atoms with van der Waals surface area (Å²) in [6.07, 6.45) is 0. The molecule has 0 saturated heterocycles. The van der Waals surface area contributed by atoms with Crippen LogP contribution in [0.1, 0.15) is 13.8 Å². The lowest BCUT2D eigenvalue weighted by Crippen LogP contribution is -2.32. The minimum atomic E-state index is 0.00921. The monoisotopic (exact) mass is 284 g/mol. The van der Waals surface area contributed by atoms with E-state index in [1.165, 1.54) is 0 Å². The smallest absolute Gasteiger partial charge is 0.222 e. The van der Waals surface area contributed by atoms with Gasteiger partial charge in [-0.2, -0.15) is 0 Å². The quantitative estimate of drug-likeness (QED) is 0.799. The van der Waals surface area contributed by atoms with Crippen LogP contribution in [-0.2, 0) is 4.79 Å². The Bertz CT molecular complexity index is 567. The van der Waals surface area contributed by atoms with E-state index in [1.807, 2.05) is 56.3 Å². The van der Waals surface area contributed by atoms with Crippen molar-refractivity contribution in [2.75, 3.05) is 18.4 Å². The Morgan fingerprint density at radius 1 is 1.05 bits per heavy atom. The van der Waals surface area contributed by atoms with Crippen LogP contribution in [0.3, 0.4) is 0 Å². The lowest BCUT2D eigenvalue weighted by molar-refractivity contribution is -0.123. The third kappa shape index (κ3) is 4.56. The fraction of sp³-hybridized carbons (Fsp3) is 0.312. The van der Waals surface area contributed by atoms with E-state index in [-0.39, 0.29) is 11.8 Å². The number of nitrogens with zero attached hydrogens (tertiary/aromatic N) is 2. The maximum Gasteiger partial charge on any atom is 0.222 e. The summed E-state index contributed by atoms with van der Waals surface area (Å²) in [5, 5.41) is 14.3. The van der Waals surface area contributed by atoms with Gasteiger partial charge in [0.25, 0.3) is 0 Å². The number of aromatic nitrogens is 2. The molecular formula is C16H20N4O. The van der Waals surface area contributed by atoms with Crippen LogP contribution in [-0.4, -0.2) is 29.2 Å². The molecule has 5 nitrogen and oxygen atoms in total. The molecule has 2 aromatic rings. The van der Waals surface area contributed by atoms with Gasteiger partial charge in [0.05, 0.1) is 5.69 Å². The van der Waals surface area contributed by atoms with Crippen LogP contribution in [0, 0.1) is 5.92 Å². The van der Waals surface area contributed by atoms with Crippen LogP contribution in [0.25, 0.3) is 11.3 Å². The lowest BCUT2D eigenvalue weighted by atomic mass is 10.1. The van der Waals surface area contributed by atoms with Crippen molar-refractivity contribution in [3.05, 3.63) is 42.5 Å². The Kier molecular flexibility index (Phi) is 5.26. The maximum absolute atomic E-state index is 11.4. The van der Waals surface area contributed by atoms with Gasteiger partial charge in [0.2, 0.25) is 5.91 Å². The fourth-order valence-electron chi connectivity index (χ4n) is 1.77. The molecule has 1 amide bonds. The van der Waals surface area contributed by atoms with Gasteiger partial charge < -0.3 is 10.6 Å². The molecule has 1 heterocycles. The van der Waals surface area contributed by atoms with Crippen molar-refractivity contribution in [2.45, 2.75) is 13.8 Å². The predicted molar refractivity (Wildman–Crippen MR) is 83.8 cm³/mol. The highest BCUT2D eigenvalue weighted by molar-refractivity contribution is 5.77. The van der Waals surface area contributed by atoms with Crippen molar-refractivity contribution < 1.29 is 4.79 Å². The van der Waals surface area contributed by atoms with Crippen LogP contribution in [0.5, 0.6) is 0 Å². The van der Waals surface area contributed by atoms with Crippen molar-refractivity contribution in [1.82, 2.24) is 15.5 Å². The molecule has 21 heavy (non-hydrogen) atoms. The van der Waals surface area contributed by atoms with E-state index in [2.05, 4.69) is 20.8 Å². The molecular weight excluding hydrogens is 264 g/mol. The maximum atomic E-state index is 11.4. The first-order chi connectivity index (χ1) is 10.2. The van der Waals surface area contributed by atoms with Crippen molar-refractivity contribution in [3.8, 4) is 11.3 Å². The van der Waals surface area contributed by atoms with Gasteiger partial charge in [-0.05, 0) is 12.1 Å². The molecule has 0 aliphatic rings. The number of nitrogens with one attached hydrogen (secondary N) is 2. The zero-order valence-electron chi connectivity index (χ0n) is 12.3. The zero-order valence-corrected chi connectivity index (χ0v) is 12.3. The molecule has 2 rings (SSSR count). The molecule has 0 aliphatic carbocycles. The summed E-state index contributed by atoms with van der Waals surface area (Å²) < 4.78 is 0. The first-order valence-electron chi connectivity index (χ1n) is 7.07. The summed E-state index contributed by atoms with van der Waals surface area (Å²) in [7, 11) is 0. The Hall–Kier alpha value is -2.43. The third-order valence-corrected chi connectivity index (χ3v) is 2.99. The van der Waals surface area contributed by atoms with Crippen molar-refractivity contribution >= 4 is 11.7 Å². The molecule has 0 bridgehead atoms. The average Bonchev–Trinajstić information content (AvgIpc) is 2.52. The predicted octanol–water partition coefficient (Wildman–Crippen LogP) is 2.33. The zero-order chi connectivity index (χ0) is 15.1. The SMILES string of the molecule is CC(C)C(=O)NCCNc1ccc(-c2ccccc2)nn1. The van der Waals surface area contributed by atoms with Gasteiger partial charge in [-0.3, -0.25) is 4.79 Å². The number of carbonyl (C=O) groups excluding carboxylic acids is 1. The van der Waals surface area contributed by atoms with Gasteiger partial charge in [-0.15, -0.1) is 10.2 Å². The summed E-state index contributed by atoms with van der Waals surface area (Å²) >= 11 is 0. The van der Waals surface area contributed by atoms with Crippen LogP contribution in [0.4, 0.5) is 5.82 Å². The first-order valence-corrected chi connectivity index (χ1v) is 7.07. The van der Waals surface area contributed by atoms with Gasteiger partial charge in [-0.25, -0.2) is 0 Å². The van der Waals surface area contributed by atoms with E-state index in [0.717, 1.165) is 11.3 Å². The number of rotatable bonds is 6. The second-order valence-corrected chi connectivity index (χ2v) is 5.04. The molecule has 0 saturated carbocycles. The summed E-state index contributed by atoms with van der Waals surface area (Å²) in [5.41, 5.74) is 1.88. The van der Waals surface area contributed by atoms with Gasteiger partial charge >= 0.3 is 0 Å². The molecule has 0 aliphatic heterocycles. The third-order valence-electron chi connectivity index (χ3n) is 2.99. The average molecular weight is 284 g/mol. The van der Waals surface area contributed by atoms with Crippen LogP contribution in [0.15, 0.2) is 42.5 Å². The van der Waals surface area contributed by atoms with Gasteiger partial charge in [0.1, 0.15) is 5.82 Å². The summed E-state index contributed by atoms with van der Waals surface area (Å²) in [5.74, 6) is 0.769. The highest BCUT2D eigenvalue weighted by Crippen LogP contribution is 2.15. The van der Waals surface area contributed by atoms with Crippen molar-refractivity contribution in [3.63, 3.8) is 0 Å². The number of hydrogen-bond donors (Lipinski definition) is 2. The standard InChI is InChI=1S/C16H20N4O/c1-12(2)16(21)18-11-10-17-15-9-8-14(19-20-15)13-6-4-3-5-7-13/h3-9,12H,10-11H2,1-2H3,(H,17,20)(H,18,21). The lowest BCUT2D eigenvalue weighted by Gasteiger charge is -2.09. The molecule has 1 aromatic heterocycles. The van der Waals surface area contributed by atoms with Gasteiger partial charge in [0.15, 0.2) is 0 Å². The first kappa shape index (κ1) is 15.0. The normalized spacial score (nSPS) is 10.4. The van der Waals surface area contributed by atoms with E-state index < -0.39 is 0 Å². The van der Waals surface area contributed by atoms with Crippen LogP contribution in [0.2, 0.25) is 0 Å². The summed E-state index contributed by atoms with van der Waals surface area (Å²) in [6, 6.07) is 13.7. The van der Waals surface area contributed by atoms with Gasteiger partial charge in [-0.1, -0.05) is 44.2 Å². The Morgan fingerprint density at radius 2 is 1.81 bits per heavy atom. The molecule has 0 atom stereocenters. The molecule has 110 valence electrons. The van der Waals surface area contributed by atoms with Crippen LogP contribution >= 0.6 is 0 Å². The molecule has 0 spiro atoms.